The molecule has 0 aliphatic carbocycles. The van der Waals surface area contributed by atoms with Gasteiger partial charge in [0.15, 0.2) is 0 Å². The molecule has 3 rings (SSSR count). The van der Waals surface area contributed by atoms with Gasteiger partial charge in [0.05, 0.1) is 10.7 Å². The van der Waals surface area contributed by atoms with Crippen molar-refractivity contribution in [1.29, 1.82) is 0 Å². The van der Waals surface area contributed by atoms with Gasteiger partial charge in [-0.05, 0) is 37.0 Å². The summed E-state index contributed by atoms with van der Waals surface area (Å²) in [6, 6.07) is 6.55. The molecule has 0 atom stereocenters. The number of aromatic nitrogens is 1. The van der Waals surface area contributed by atoms with Gasteiger partial charge in [0, 0.05) is 30.7 Å². The predicted octanol–water partition coefficient (Wildman–Crippen LogP) is 3.10. The van der Waals surface area contributed by atoms with E-state index in [9.17, 15) is 0 Å². The van der Waals surface area contributed by atoms with Gasteiger partial charge in [-0.25, -0.2) is 4.98 Å². The van der Waals surface area contributed by atoms with Gasteiger partial charge in [-0.1, -0.05) is 12.1 Å². The summed E-state index contributed by atoms with van der Waals surface area (Å²) in [7, 11) is 0. The van der Waals surface area contributed by atoms with Crippen LogP contribution in [-0.4, -0.2) is 11.5 Å². The Morgan fingerprint density at radius 3 is 3.16 bits per heavy atom. The van der Waals surface area contributed by atoms with Crippen LogP contribution in [0.25, 0.3) is 0 Å². The van der Waals surface area contributed by atoms with Crippen LogP contribution in [0.3, 0.4) is 0 Å². The Labute approximate surface area is 118 Å². The Morgan fingerprint density at radius 2 is 2.32 bits per heavy atom. The molecule has 1 aromatic heterocycles. The average Bonchev–Trinajstić information content (AvgIpc) is 2.85. The highest BCUT2D eigenvalue weighted by molar-refractivity contribution is 7.09. The van der Waals surface area contributed by atoms with Gasteiger partial charge >= 0.3 is 0 Å². The molecule has 2 aromatic rings. The van der Waals surface area contributed by atoms with Crippen LogP contribution in [0.2, 0.25) is 0 Å². The Kier molecular flexibility index (Phi) is 3.80. The van der Waals surface area contributed by atoms with Gasteiger partial charge in [-0.3, -0.25) is 0 Å². The van der Waals surface area contributed by atoms with Crippen LogP contribution in [0, 0.1) is 6.92 Å². The van der Waals surface area contributed by atoms with E-state index in [1.54, 1.807) is 11.3 Å². The minimum Gasteiger partial charge on any atom is -0.385 e. The molecule has 0 amide bonds. The van der Waals surface area contributed by atoms with Crippen LogP contribution in [-0.2, 0) is 19.5 Å². The topological polar surface area (TPSA) is 37.0 Å². The lowest BCUT2D eigenvalue weighted by molar-refractivity contribution is 0.672. The number of fused-ring (bicyclic) bond motifs is 1. The third-order valence-electron chi connectivity index (χ3n) is 3.48. The molecule has 0 saturated carbocycles. The first kappa shape index (κ1) is 12.6. The average molecular weight is 273 g/mol. The van der Waals surface area contributed by atoms with Gasteiger partial charge in [0.25, 0.3) is 0 Å². The van der Waals surface area contributed by atoms with Crippen LogP contribution in [0.5, 0.6) is 0 Å². The molecular formula is C15H19N3S. The van der Waals surface area contributed by atoms with E-state index in [4.69, 9.17) is 0 Å². The maximum absolute atomic E-state index is 4.47. The minimum absolute atomic E-state index is 0.849. The van der Waals surface area contributed by atoms with Crippen LogP contribution >= 0.6 is 11.3 Å². The molecule has 0 unspecified atom stereocenters. The number of rotatable bonds is 4. The molecule has 0 radical (unpaired) electrons. The predicted molar refractivity (Wildman–Crippen MR) is 80.6 cm³/mol. The van der Waals surface area contributed by atoms with E-state index in [0.29, 0.717) is 0 Å². The van der Waals surface area contributed by atoms with Crippen molar-refractivity contribution >= 4 is 17.0 Å². The summed E-state index contributed by atoms with van der Waals surface area (Å²) in [6.45, 7) is 4.91. The van der Waals surface area contributed by atoms with Gasteiger partial charge < -0.3 is 10.6 Å². The summed E-state index contributed by atoms with van der Waals surface area (Å²) in [5, 5.41) is 10.2. The van der Waals surface area contributed by atoms with Crippen molar-refractivity contribution in [2.45, 2.75) is 32.9 Å². The first-order valence-electron chi connectivity index (χ1n) is 6.79. The van der Waals surface area contributed by atoms with Crippen LogP contribution < -0.4 is 10.6 Å². The van der Waals surface area contributed by atoms with Crippen molar-refractivity contribution in [1.82, 2.24) is 10.3 Å². The van der Waals surface area contributed by atoms with Gasteiger partial charge in [-0.2, -0.15) is 0 Å². The molecule has 3 nitrogen and oxygen atoms in total. The van der Waals surface area contributed by atoms with Crippen molar-refractivity contribution < 1.29 is 0 Å². The zero-order valence-electron chi connectivity index (χ0n) is 11.2. The molecule has 0 bridgehead atoms. The lowest BCUT2D eigenvalue weighted by atomic mass is 9.97. The van der Waals surface area contributed by atoms with E-state index in [1.165, 1.54) is 29.7 Å². The van der Waals surface area contributed by atoms with E-state index in [0.717, 1.165) is 30.3 Å². The molecule has 100 valence electrons. The largest absolute Gasteiger partial charge is 0.385 e. The first-order chi connectivity index (χ1) is 9.33. The number of hydrogen-bond acceptors (Lipinski definition) is 4. The number of aryl methyl sites for hydroxylation is 1. The fourth-order valence-electron chi connectivity index (χ4n) is 2.56. The smallest absolute Gasteiger partial charge is 0.0897 e. The first-order valence-corrected chi connectivity index (χ1v) is 7.67. The molecule has 2 heterocycles. The summed E-state index contributed by atoms with van der Waals surface area (Å²) in [4.78, 5) is 4.47. The van der Waals surface area contributed by atoms with Gasteiger partial charge in [0.2, 0.25) is 0 Å². The second-order valence-corrected chi connectivity index (χ2v) is 6.00. The summed E-state index contributed by atoms with van der Waals surface area (Å²) in [6.07, 6.45) is 2.42. The molecule has 0 fully saturated rings. The molecule has 1 aliphatic heterocycles. The van der Waals surface area contributed by atoms with Crippen molar-refractivity contribution in [3.05, 3.63) is 45.4 Å². The fourth-order valence-corrected chi connectivity index (χ4v) is 3.18. The molecule has 19 heavy (non-hydrogen) atoms. The lowest BCUT2D eigenvalue weighted by Gasteiger charge is -2.21. The van der Waals surface area contributed by atoms with Crippen LogP contribution in [0.15, 0.2) is 23.6 Å². The molecular weight excluding hydrogens is 254 g/mol. The summed E-state index contributed by atoms with van der Waals surface area (Å²) in [5.41, 5.74) is 5.35. The number of nitrogens with zero attached hydrogens (tertiary/aromatic N) is 1. The zero-order valence-corrected chi connectivity index (χ0v) is 12.0. The summed E-state index contributed by atoms with van der Waals surface area (Å²) >= 11 is 1.71. The third-order valence-corrected chi connectivity index (χ3v) is 4.30. The zero-order chi connectivity index (χ0) is 13.1. The van der Waals surface area contributed by atoms with Crippen molar-refractivity contribution in [2.75, 3.05) is 11.9 Å². The molecule has 1 aromatic carbocycles. The Morgan fingerprint density at radius 1 is 1.37 bits per heavy atom. The highest BCUT2D eigenvalue weighted by Crippen LogP contribution is 2.25. The lowest BCUT2D eigenvalue weighted by Crippen LogP contribution is -2.18. The number of nitrogens with one attached hydrogen (secondary N) is 2. The number of benzene rings is 1. The highest BCUT2D eigenvalue weighted by atomic mass is 32.1. The van der Waals surface area contributed by atoms with E-state index in [2.05, 4.69) is 39.2 Å². The SMILES string of the molecule is Cc1nc(CNCc2cccc3c2CCCN3)cs1. The summed E-state index contributed by atoms with van der Waals surface area (Å²) in [5.74, 6) is 0. The minimum atomic E-state index is 0.849. The number of hydrogen-bond donors (Lipinski definition) is 2. The van der Waals surface area contributed by atoms with E-state index in [1.807, 2.05) is 6.92 Å². The van der Waals surface area contributed by atoms with E-state index in [-0.39, 0.29) is 0 Å². The number of thiazole rings is 1. The summed E-state index contributed by atoms with van der Waals surface area (Å²) < 4.78 is 0. The second-order valence-electron chi connectivity index (χ2n) is 4.93. The Hall–Kier alpha value is -1.39. The molecule has 2 N–H and O–H groups in total. The van der Waals surface area contributed by atoms with Crippen LogP contribution in [0.1, 0.15) is 28.2 Å². The van der Waals surface area contributed by atoms with Crippen molar-refractivity contribution in [3.8, 4) is 0 Å². The van der Waals surface area contributed by atoms with Crippen molar-refractivity contribution in [2.24, 2.45) is 0 Å². The standard InChI is InChI=1S/C15H19N3S/c1-11-18-13(10-19-11)9-16-8-12-4-2-6-15-14(12)5-3-7-17-15/h2,4,6,10,16-17H,3,5,7-9H2,1H3. The molecule has 1 aliphatic rings. The Bertz CT molecular complexity index is 562. The highest BCUT2D eigenvalue weighted by Gasteiger charge is 2.11. The normalized spacial score (nSPS) is 13.9. The molecule has 4 heteroatoms. The molecule has 0 saturated heterocycles. The van der Waals surface area contributed by atoms with Gasteiger partial charge in [-0.15, -0.1) is 11.3 Å². The Balaban J connectivity index is 1.64. The number of anilines is 1. The third kappa shape index (κ3) is 2.96. The monoisotopic (exact) mass is 273 g/mol. The molecule has 0 spiro atoms. The maximum Gasteiger partial charge on any atom is 0.0897 e. The quantitative estimate of drug-likeness (QED) is 0.899. The van der Waals surface area contributed by atoms with Crippen molar-refractivity contribution in [3.63, 3.8) is 0 Å². The van der Waals surface area contributed by atoms with E-state index < -0.39 is 0 Å². The van der Waals surface area contributed by atoms with Gasteiger partial charge in [0.1, 0.15) is 0 Å². The van der Waals surface area contributed by atoms with E-state index >= 15 is 0 Å². The van der Waals surface area contributed by atoms with Crippen LogP contribution in [0.4, 0.5) is 5.69 Å². The second kappa shape index (κ2) is 5.72. The maximum atomic E-state index is 4.47. The fraction of sp³-hybridized carbons (Fsp3) is 0.400.